The number of carbonyl (C=O) groups excluding carboxylic acids is 1. The normalized spacial score (nSPS) is 12.0. The van der Waals surface area contributed by atoms with E-state index in [4.69, 9.17) is 11.0 Å². The van der Waals surface area contributed by atoms with Crippen LogP contribution >= 0.6 is 11.3 Å². The van der Waals surface area contributed by atoms with Crippen LogP contribution in [0.25, 0.3) is 0 Å². The second-order valence-corrected chi connectivity index (χ2v) is 5.45. The van der Waals surface area contributed by atoms with E-state index in [1.54, 1.807) is 0 Å². The zero-order chi connectivity index (χ0) is 14.6. The van der Waals surface area contributed by atoms with E-state index >= 15 is 0 Å². The van der Waals surface area contributed by atoms with Crippen molar-refractivity contribution in [3.05, 3.63) is 10.4 Å². The quantitative estimate of drug-likeness (QED) is 0.746. The van der Waals surface area contributed by atoms with E-state index in [1.807, 2.05) is 20.2 Å². The molecule has 1 heterocycles. The van der Waals surface area contributed by atoms with Crippen molar-refractivity contribution >= 4 is 27.9 Å². The van der Waals surface area contributed by atoms with Crippen LogP contribution in [0, 0.1) is 11.3 Å². The number of anilines is 2. The lowest BCUT2D eigenvalue weighted by Gasteiger charge is -2.20. The van der Waals surface area contributed by atoms with Gasteiger partial charge >= 0.3 is 0 Å². The van der Waals surface area contributed by atoms with Crippen LogP contribution in [0.3, 0.4) is 0 Å². The van der Waals surface area contributed by atoms with Crippen LogP contribution in [0.4, 0.5) is 10.7 Å². The number of nitrogen functional groups attached to an aromatic ring is 1. The minimum Gasteiger partial charge on any atom is -0.396 e. The minimum atomic E-state index is -0.282. The van der Waals surface area contributed by atoms with Gasteiger partial charge in [0.15, 0.2) is 0 Å². The number of likely N-dealkylation sites (N-methyl/N-ethyl adjacent to an activating group) is 1. The average Bonchev–Trinajstić information content (AvgIpc) is 2.71. The molecule has 0 spiro atoms. The lowest BCUT2D eigenvalue weighted by Crippen LogP contribution is -2.31. The predicted octanol–water partition coefficient (Wildman–Crippen LogP) is 0.924. The Hall–Kier alpha value is -1.78. The Morgan fingerprint density at radius 1 is 1.58 bits per heavy atom. The van der Waals surface area contributed by atoms with E-state index < -0.39 is 0 Å². The van der Waals surface area contributed by atoms with Crippen LogP contribution in [0.2, 0.25) is 0 Å². The smallest absolute Gasteiger partial charge is 0.256 e. The summed E-state index contributed by atoms with van der Waals surface area (Å²) in [7, 11) is 5.50. The summed E-state index contributed by atoms with van der Waals surface area (Å²) in [5, 5.41) is 15.4. The highest BCUT2D eigenvalue weighted by atomic mass is 32.1. The van der Waals surface area contributed by atoms with Gasteiger partial charge in [-0.1, -0.05) is 0 Å². The van der Waals surface area contributed by atoms with Crippen molar-refractivity contribution in [2.45, 2.75) is 13.0 Å². The number of hydrogen-bond acceptors (Lipinski definition) is 6. The van der Waals surface area contributed by atoms with Gasteiger partial charge in [0.25, 0.3) is 5.91 Å². The Kier molecular flexibility index (Phi) is 5.15. The third-order valence-corrected chi connectivity index (χ3v) is 4.01. The van der Waals surface area contributed by atoms with E-state index in [9.17, 15) is 4.79 Å². The first-order valence-electron chi connectivity index (χ1n) is 5.87. The van der Waals surface area contributed by atoms with Gasteiger partial charge in [-0.2, -0.15) is 5.26 Å². The lowest BCUT2D eigenvalue weighted by molar-refractivity contribution is 0.0965. The van der Waals surface area contributed by atoms with E-state index in [1.165, 1.54) is 18.4 Å². The first-order chi connectivity index (χ1) is 8.92. The molecular weight excluding hydrogens is 262 g/mol. The molecule has 1 atom stereocenters. The van der Waals surface area contributed by atoms with Crippen LogP contribution in [0.15, 0.2) is 0 Å². The molecule has 7 heteroatoms. The fourth-order valence-electron chi connectivity index (χ4n) is 1.42. The zero-order valence-electron chi connectivity index (χ0n) is 11.6. The van der Waals surface area contributed by atoms with Crippen molar-refractivity contribution in [3.8, 4) is 6.07 Å². The van der Waals surface area contributed by atoms with Crippen molar-refractivity contribution in [1.82, 2.24) is 10.2 Å². The average molecular weight is 281 g/mol. The van der Waals surface area contributed by atoms with Crippen molar-refractivity contribution in [2.75, 3.05) is 38.7 Å². The number of thiophene rings is 1. The number of rotatable bonds is 5. The number of nitrogens with zero attached hydrogens (tertiary/aromatic N) is 2. The van der Waals surface area contributed by atoms with Gasteiger partial charge in [0, 0.05) is 19.6 Å². The van der Waals surface area contributed by atoms with Gasteiger partial charge in [-0.3, -0.25) is 4.79 Å². The number of amides is 1. The number of carbonyl (C=O) groups is 1. The molecule has 1 aromatic heterocycles. The van der Waals surface area contributed by atoms with Gasteiger partial charge in [-0.15, -0.1) is 11.3 Å². The molecule has 0 bridgehead atoms. The summed E-state index contributed by atoms with van der Waals surface area (Å²) < 4.78 is 0. The molecule has 1 unspecified atom stereocenters. The summed E-state index contributed by atoms with van der Waals surface area (Å²) in [6.45, 7) is 2.73. The molecule has 0 radical (unpaired) electrons. The van der Waals surface area contributed by atoms with Crippen LogP contribution in [-0.4, -0.2) is 44.5 Å². The van der Waals surface area contributed by atoms with E-state index in [0.717, 1.165) is 0 Å². The maximum Gasteiger partial charge on any atom is 0.256 e. The third kappa shape index (κ3) is 3.36. The number of nitrogens with two attached hydrogens (primary N) is 1. The summed E-state index contributed by atoms with van der Waals surface area (Å²) >= 11 is 1.21. The molecule has 0 aliphatic rings. The SMILES string of the molecule is CNC(=O)c1c(NCC(C)N(C)C)sc(C#N)c1N. The fourth-order valence-corrected chi connectivity index (χ4v) is 2.35. The highest BCUT2D eigenvalue weighted by Gasteiger charge is 2.21. The molecule has 6 nitrogen and oxygen atoms in total. The zero-order valence-corrected chi connectivity index (χ0v) is 12.4. The summed E-state index contributed by atoms with van der Waals surface area (Å²) in [5.41, 5.74) is 6.43. The Labute approximate surface area is 117 Å². The Balaban J connectivity index is 3.00. The largest absolute Gasteiger partial charge is 0.396 e. The van der Waals surface area contributed by atoms with Gasteiger partial charge < -0.3 is 21.3 Å². The molecule has 1 rings (SSSR count). The first kappa shape index (κ1) is 15.3. The van der Waals surface area contributed by atoms with Crippen LogP contribution in [-0.2, 0) is 0 Å². The first-order valence-corrected chi connectivity index (χ1v) is 6.68. The summed E-state index contributed by atoms with van der Waals surface area (Å²) in [4.78, 5) is 14.2. The standard InChI is InChI=1S/C12H19N5OS/c1-7(17(3)4)6-16-12-9(11(18)15-2)10(14)8(5-13)19-12/h7,16H,6,14H2,1-4H3,(H,15,18). The monoisotopic (exact) mass is 281 g/mol. The summed E-state index contributed by atoms with van der Waals surface area (Å²) in [6.07, 6.45) is 0. The molecule has 19 heavy (non-hydrogen) atoms. The summed E-state index contributed by atoms with van der Waals surface area (Å²) in [5.74, 6) is -0.282. The van der Waals surface area contributed by atoms with Gasteiger partial charge in [0.1, 0.15) is 15.9 Å². The predicted molar refractivity (Wildman–Crippen MR) is 78.5 cm³/mol. The number of nitriles is 1. The second kappa shape index (κ2) is 6.41. The molecule has 0 aliphatic heterocycles. The number of nitrogens with one attached hydrogen (secondary N) is 2. The van der Waals surface area contributed by atoms with Crippen LogP contribution < -0.4 is 16.4 Å². The van der Waals surface area contributed by atoms with Gasteiger partial charge in [-0.25, -0.2) is 0 Å². The lowest BCUT2D eigenvalue weighted by atomic mass is 10.2. The molecule has 1 aromatic rings. The topological polar surface area (TPSA) is 94.2 Å². The van der Waals surface area contributed by atoms with E-state index in [0.29, 0.717) is 28.0 Å². The molecule has 104 valence electrons. The Morgan fingerprint density at radius 2 is 2.21 bits per heavy atom. The molecule has 0 aliphatic carbocycles. The van der Waals surface area contributed by atoms with Gasteiger partial charge in [0.2, 0.25) is 0 Å². The molecule has 1 amide bonds. The summed E-state index contributed by atoms with van der Waals surface area (Å²) in [6, 6.07) is 2.31. The van der Waals surface area contributed by atoms with E-state index in [2.05, 4.69) is 22.5 Å². The molecule has 0 aromatic carbocycles. The van der Waals surface area contributed by atoms with E-state index in [-0.39, 0.29) is 11.6 Å². The van der Waals surface area contributed by atoms with Gasteiger partial charge in [0.05, 0.1) is 11.3 Å². The van der Waals surface area contributed by atoms with Crippen molar-refractivity contribution in [3.63, 3.8) is 0 Å². The fraction of sp³-hybridized carbons (Fsp3) is 0.500. The molecule has 0 fully saturated rings. The van der Waals surface area contributed by atoms with Crippen LogP contribution in [0.5, 0.6) is 0 Å². The minimum absolute atomic E-state index is 0.242. The molecule has 4 N–H and O–H groups in total. The third-order valence-electron chi connectivity index (χ3n) is 2.94. The Morgan fingerprint density at radius 3 is 2.68 bits per heavy atom. The van der Waals surface area contributed by atoms with Crippen LogP contribution in [0.1, 0.15) is 22.2 Å². The maximum atomic E-state index is 11.8. The molecule has 0 saturated carbocycles. The molecular formula is C12H19N5OS. The van der Waals surface area contributed by atoms with Crippen molar-refractivity contribution < 1.29 is 4.79 Å². The van der Waals surface area contributed by atoms with Gasteiger partial charge in [-0.05, 0) is 21.0 Å². The number of hydrogen-bond donors (Lipinski definition) is 3. The second-order valence-electron chi connectivity index (χ2n) is 4.43. The maximum absolute atomic E-state index is 11.8. The molecule has 0 saturated heterocycles. The highest BCUT2D eigenvalue weighted by molar-refractivity contribution is 7.17. The van der Waals surface area contributed by atoms with Crippen molar-refractivity contribution in [2.24, 2.45) is 0 Å². The Bertz CT molecular complexity index is 503. The van der Waals surface area contributed by atoms with Crippen molar-refractivity contribution in [1.29, 1.82) is 5.26 Å². The highest BCUT2D eigenvalue weighted by Crippen LogP contribution is 2.35.